The summed E-state index contributed by atoms with van der Waals surface area (Å²) in [7, 11) is 1.27. The SMILES string of the molecule is CCOC(=O)C(CN(Cc1ccccc1)Cc1ccccc1)O/C=C/C(=O)OC. The third kappa shape index (κ3) is 8.19. The monoisotopic (exact) mass is 397 g/mol. The van der Waals surface area contributed by atoms with Gasteiger partial charge >= 0.3 is 11.9 Å². The van der Waals surface area contributed by atoms with Crippen LogP contribution in [0.4, 0.5) is 0 Å². The first-order chi connectivity index (χ1) is 14.1. The third-order valence-corrected chi connectivity index (χ3v) is 4.12. The zero-order chi connectivity index (χ0) is 20.9. The van der Waals surface area contributed by atoms with Crippen LogP contribution in [0.3, 0.4) is 0 Å². The molecule has 2 aromatic carbocycles. The molecule has 0 aromatic heterocycles. The zero-order valence-electron chi connectivity index (χ0n) is 16.8. The Kier molecular flexibility index (Phi) is 9.45. The Labute approximate surface area is 171 Å². The van der Waals surface area contributed by atoms with Gasteiger partial charge in [-0.1, -0.05) is 60.7 Å². The van der Waals surface area contributed by atoms with Crippen LogP contribution in [-0.2, 0) is 36.9 Å². The second-order valence-corrected chi connectivity index (χ2v) is 6.34. The van der Waals surface area contributed by atoms with Gasteiger partial charge in [0.05, 0.1) is 26.1 Å². The first-order valence-corrected chi connectivity index (χ1v) is 9.49. The lowest BCUT2D eigenvalue weighted by Gasteiger charge is -2.26. The average Bonchev–Trinajstić information content (AvgIpc) is 2.74. The first kappa shape index (κ1) is 22.2. The highest BCUT2D eigenvalue weighted by Gasteiger charge is 2.24. The van der Waals surface area contributed by atoms with Crippen molar-refractivity contribution in [2.45, 2.75) is 26.1 Å². The van der Waals surface area contributed by atoms with E-state index in [-0.39, 0.29) is 6.61 Å². The summed E-state index contributed by atoms with van der Waals surface area (Å²) >= 11 is 0. The van der Waals surface area contributed by atoms with Gasteiger partial charge < -0.3 is 14.2 Å². The van der Waals surface area contributed by atoms with Gasteiger partial charge in [0, 0.05) is 19.6 Å². The molecule has 29 heavy (non-hydrogen) atoms. The fourth-order valence-electron chi connectivity index (χ4n) is 2.77. The Morgan fingerprint density at radius 2 is 1.52 bits per heavy atom. The normalized spacial score (nSPS) is 12.0. The van der Waals surface area contributed by atoms with Crippen LogP contribution in [0.2, 0.25) is 0 Å². The minimum absolute atomic E-state index is 0.247. The molecule has 154 valence electrons. The van der Waals surface area contributed by atoms with Crippen LogP contribution in [0.5, 0.6) is 0 Å². The fraction of sp³-hybridized carbons (Fsp3) is 0.304. The summed E-state index contributed by atoms with van der Waals surface area (Å²) in [6, 6.07) is 20.0. The van der Waals surface area contributed by atoms with E-state index in [2.05, 4.69) is 9.64 Å². The van der Waals surface area contributed by atoms with E-state index in [0.29, 0.717) is 19.6 Å². The first-order valence-electron chi connectivity index (χ1n) is 9.49. The Morgan fingerprint density at radius 3 is 2.00 bits per heavy atom. The predicted molar refractivity (Wildman–Crippen MR) is 110 cm³/mol. The minimum atomic E-state index is -0.872. The standard InChI is InChI=1S/C23H27NO5/c1-3-28-23(26)21(29-15-14-22(25)27-2)18-24(16-19-10-6-4-7-11-19)17-20-12-8-5-9-13-20/h4-15,21H,3,16-18H2,1-2H3/b15-14+. The number of hydrogen-bond donors (Lipinski definition) is 0. The molecule has 0 amide bonds. The smallest absolute Gasteiger partial charge is 0.348 e. The molecule has 0 radical (unpaired) electrons. The molecular weight excluding hydrogens is 370 g/mol. The van der Waals surface area contributed by atoms with Crippen molar-refractivity contribution < 1.29 is 23.8 Å². The van der Waals surface area contributed by atoms with Crippen LogP contribution in [-0.4, -0.2) is 43.2 Å². The summed E-state index contributed by atoms with van der Waals surface area (Å²) in [6.07, 6.45) is 1.44. The summed E-state index contributed by atoms with van der Waals surface area (Å²) in [5, 5.41) is 0. The highest BCUT2D eigenvalue weighted by Crippen LogP contribution is 2.12. The minimum Gasteiger partial charge on any atom is -0.485 e. The lowest BCUT2D eigenvalue weighted by molar-refractivity contribution is -0.154. The molecule has 0 aliphatic rings. The maximum atomic E-state index is 12.4. The molecule has 2 rings (SSSR count). The lowest BCUT2D eigenvalue weighted by Crippen LogP contribution is -2.38. The average molecular weight is 397 g/mol. The lowest BCUT2D eigenvalue weighted by atomic mass is 10.1. The van der Waals surface area contributed by atoms with Gasteiger partial charge in [-0.3, -0.25) is 4.90 Å². The van der Waals surface area contributed by atoms with E-state index in [1.807, 2.05) is 60.7 Å². The van der Waals surface area contributed by atoms with E-state index in [4.69, 9.17) is 9.47 Å². The molecule has 0 bridgehead atoms. The van der Waals surface area contributed by atoms with E-state index in [9.17, 15) is 9.59 Å². The Hall–Kier alpha value is -3.12. The van der Waals surface area contributed by atoms with Gasteiger partial charge in [-0.2, -0.15) is 0 Å². The molecule has 0 saturated heterocycles. The van der Waals surface area contributed by atoms with Crippen molar-refractivity contribution in [3.63, 3.8) is 0 Å². The fourth-order valence-corrected chi connectivity index (χ4v) is 2.77. The molecule has 0 aliphatic heterocycles. The molecule has 0 aliphatic carbocycles. The molecule has 0 heterocycles. The second kappa shape index (κ2) is 12.4. The zero-order valence-corrected chi connectivity index (χ0v) is 16.8. The van der Waals surface area contributed by atoms with Crippen LogP contribution in [0, 0.1) is 0 Å². The topological polar surface area (TPSA) is 65.1 Å². The Morgan fingerprint density at radius 1 is 0.966 bits per heavy atom. The molecule has 6 nitrogen and oxygen atoms in total. The summed E-state index contributed by atoms with van der Waals surface area (Å²) in [5.74, 6) is -1.04. The van der Waals surface area contributed by atoms with Gasteiger partial charge in [0.2, 0.25) is 6.10 Å². The molecule has 0 spiro atoms. The quantitative estimate of drug-likeness (QED) is 0.329. The van der Waals surface area contributed by atoms with Crippen LogP contribution in [0.1, 0.15) is 18.1 Å². The number of esters is 2. The summed E-state index contributed by atoms with van der Waals surface area (Å²) in [5.41, 5.74) is 2.24. The van der Waals surface area contributed by atoms with Crippen molar-refractivity contribution >= 4 is 11.9 Å². The molecule has 0 saturated carbocycles. The van der Waals surface area contributed by atoms with Gasteiger partial charge in [-0.15, -0.1) is 0 Å². The molecule has 6 heteroatoms. The number of hydrogen-bond acceptors (Lipinski definition) is 6. The number of ether oxygens (including phenoxy) is 3. The largest absolute Gasteiger partial charge is 0.485 e. The van der Waals surface area contributed by atoms with Crippen LogP contribution < -0.4 is 0 Å². The summed E-state index contributed by atoms with van der Waals surface area (Å²) in [6.45, 7) is 3.56. The number of nitrogens with zero attached hydrogens (tertiary/aromatic N) is 1. The van der Waals surface area contributed by atoms with Gasteiger partial charge in [0.1, 0.15) is 0 Å². The van der Waals surface area contributed by atoms with E-state index in [1.165, 1.54) is 13.4 Å². The molecular formula is C23H27NO5. The van der Waals surface area contributed by atoms with Gasteiger partial charge in [0.15, 0.2) is 0 Å². The van der Waals surface area contributed by atoms with Crippen LogP contribution in [0.15, 0.2) is 73.0 Å². The van der Waals surface area contributed by atoms with Crippen molar-refractivity contribution in [2.75, 3.05) is 20.3 Å². The maximum Gasteiger partial charge on any atom is 0.348 e. The second-order valence-electron chi connectivity index (χ2n) is 6.34. The predicted octanol–water partition coefficient (Wildman–Crippen LogP) is 3.32. The van der Waals surface area contributed by atoms with Crippen molar-refractivity contribution in [1.82, 2.24) is 4.90 Å². The molecule has 1 unspecified atom stereocenters. The van der Waals surface area contributed by atoms with Crippen molar-refractivity contribution in [1.29, 1.82) is 0 Å². The Balaban J connectivity index is 2.16. The number of benzene rings is 2. The van der Waals surface area contributed by atoms with Gasteiger partial charge in [-0.25, -0.2) is 9.59 Å². The highest BCUT2D eigenvalue weighted by atomic mass is 16.6. The number of carbonyl (C=O) groups excluding carboxylic acids is 2. The van der Waals surface area contributed by atoms with Crippen LogP contribution >= 0.6 is 0 Å². The molecule has 1 atom stereocenters. The van der Waals surface area contributed by atoms with E-state index < -0.39 is 18.0 Å². The Bertz CT molecular complexity index is 735. The molecule has 2 aromatic rings. The van der Waals surface area contributed by atoms with Gasteiger partial charge in [-0.05, 0) is 18.1 Å². The van der Waals surface area contributed by atoms with Crippen LogP contribution in [0.25, 0.3) is 0 Å². The van der Waals surface area contributed by atoms with Crippen molar-refractivity contribution in [3.8, 4) is 0 Å². The maximum absolute atomic E-state index is 12.4. The van der Waals surface area contributed by atoms with E-state index in [1.54, 1.807) is 6.92 Å². The number of rotatable bonds is 11. The molecule has 0 fully saturated rings. The summed E-state index contributed by atoms with van der Waals surface area (Å²) in [4.78, 5) is 25.8. The summed E-state index contributed by atoms with van der Waals surface area (Å²) < 4.78 is 15.2. The van der Waals surface area contributed by atoms with E-state index >= 15 is 0 Å². The molecule has 0 N–H and O–H groups in total. The highest BCUT2D eigenvalue weighted by molar-refractivity contribution is 5.81. The van der Waals surface area contributed by atoms with Crippen molar-refractivity contribution in [3.05, 3.63) is 84.1 Å². The number of carbonyl (C=O) groups is 2. The van der Waals surface area contributed by atoms with Gasteiger partial charge in [0.25, 0.3) is 0 Å². The van der Waals surface area contributed by atoms with Crippen molar-refractivity contribution in [2.24, 2.45) is 0 Å². The number of methoxy groups -OCH3 is 1. The van der Waals surface area contributed by atoms with E-state index in [0.717, 1.165) is 17.2 Å². The third-order valence-electron chi connectivity index (χ3n) is 4.12.